The Labute approximate surface area is 281 Å². The van der Waals surface area contributed by atoms with Crippen LogP contribution in [0.2, 0.25) is 0 Å². The summed E-state index contributed by atoms with van der Waals surface area (Å²) in [7, 11) is 0. The van der Waals surface area contributed by atoms with Crippen LogP contribution >= 0.6 is 11.3 Å². The second-order valence-corrected chi connectivity index (χ2v) is 12.4. The molecule has 0 bridgehead atoms. The lowest BCUT2D eigenvalue weighted by Gasteiger charge is -2.16. The summed E-state index contributed by atoms with van der Waals surface area (Å²) >= 11 is 1.36. The van der Waals surface area contributed by atoms with Gasteiger partial charge in [-0.2, -0.15) is 5.10 Å². The smallest absolute Gasteiger partial charge is 0.323 e. The molecule has 1 aliphatic rings. The van der Waals surface area contributed by atoms with E-state index in [-0.39, 0.29) is 31.0 Å². The third-order valence-electron chi connectivity index (χ3n) is 7.71. The molecular formula is C33H29F2N7O6S. The molecule has 3 aromatic heterocycles. The maximum Gasteiger partial charge on any atom is 0.323 e. The number of esters is 1. The van der Waals surface area contributed by atoms with Gasteiger partial charge in [-0.15, -0.1) is 11.3 Å². The standard InChI is InChI=1S/C33H29F2N7O6S/c34-19-1-3-20(4-2-19)40-31(45)33(8-9-33)32(46)41-21-5-6-25(22(35)13-21)48-26-7-10-38-24-15-27(49-29(24)26)18-16-39-42(17-18)11-12-47-30(44)23(36)14-28(37)43/h1-7,10,13,15-17,23H,8-9,11-12,14,36H2,(H2,37,43)(H,40,45)(H,41,46). The number of aromatic nitrogens is 3. The third kappa shape index (κ3) is 7.55. The second kappa shape index (κ2) is 13.8. The zero-order chi connectivity index (χ0) is 34.7. The van der Waals surface area contributed by atoms with Crippen LogP contribution in [0, 0.1) is 17.0 Å². The number of ether oxygens (including phenoxy) is 2. The number of thiophene rings is 1. The van der Waals surface area contributed by atoms with Crippen LogP contribution in [0.3, 0.4) is 0 Å². The van der Waals surface area contributed by atoms with Crippen molar-refractivity contribution in [1.82, 2.24) is 14.8 Å². The molecule has 6 N–H and O–H groups in total. The van der Waals surface area contributed by atoms with Crippen LogP contribution in [-0.4, -0.2) is 51.1 Å². The lowest BCUT2D eigenvalue weighted by atomic mass is 10.0. The van der Waals surface area contributed by atoms with Gasteiger partial charge in [-0.25, -0.2) is 8.78 Å². The molecule has 1 aliphatic carbocycles. The second-order valence-electron chi connectivity index (χ2n) is 11.3. The molecule has 1 saturated carbocycles. The number of nitrogens with zero attached hydrogens (tertiary/aromatic N) is 3. The van der Waals surface area contributed by atoms with Crippen molar-refractivity contribution in [3.8, 4) is 21.9 Å². The first-order valence-electron chi connectivity index (χ1n) is 15.0. The van der Waals surface area contributed by atoms with Gasteiger partial charge in [0, 0.05) is 46.3 Å². The number of pyridine rings is 1. The number of anilines is 2. The molecule has 0 spiro atoms. The van der Waals surface area contributed by atoms with E-state index >= 15 is 4.39 Å². The molecule has 1 fully saturated rings. The number of hydrogen-bond donors (Lipinski definition) is 4. The number of nitrogens with one attached hydrogen (secondary N) is 2. The molecule has 0 saturated heterocycles. The Morgan fingerprint density at radius 2 is 1.69 bits per heavy atom. The molecule has 2 aromatic carbocycles. The van der Waals surface area contributed by atoms with E-state index in [9.17, 15) is 23.6 Å². The van der Waals surface area contributed by atoms with E-state index in [1.54, 1.807) is 23.1 Å². The minimum Gasteiger partial charge on any atom is -0.463 e. The van der Waals surface area contributed by atoms with Crippen LogP contribution in [0.25, 0.3) is 20.7 Å². The highest BCUT2D eigenvalue weighted by Crippen LogP contribution is 2.48. The van der Waals surface area contributed by atoms with Crippen LogP contribution in [-0.2, 0) is 30.5 Å². The molecule has 1 atom stereocenters. The summed E-state index contributed by atoms with van der Waals surface area (Å²) in [5.41, 5.74) is 11.2. The molecule has 0 aliphatic heterocycles. The Hall–Kier alpha value is -5.74. The van der Waals surface area contributed by atoms with Crippen molar-refractivity contribution in [3.05, 3.63) is 84.8 Å². The lowest BCUT2D eigenvalue weighted by molar-refractivity contribution is -0.146. The Morgan fingerprint density at radius 1 is 0.980 bits per heavy atom. The van der Waals surface area contributed by atoms with Gasteiger partial charge in [0.1, 0.15) is 29.6 Å². The fourth-order valence-electron chi connectivity index (χ4n) is 4.89. The number of benzene rings is 2. The van der Waals surface area contributed by atoms with Crippen molar-refractivity contribution >= 4 is 56.6 Å². The molecule has 16 heteroatoms. The fraction of sp³-hybridized carbons (Fsp3) is 0.212. The average molecular weight is 690 g/mol. The highest BCUT2D eigenvalue weighted by Gasteiger charge is 2.56. The first kappa shape index (κ1) is 33.2. The van der Waals surface area contributed by atoms with Crippen LogP contribution in [0.4, 0.5) is 20.2 Å². The number of halogens is 2. The monoisotopic (exact) mass is 689 g/mol. The summed E-state index contributed by atoms with van der Waals surface area (Å²) in [6.45, 7) is 0.229. The third-order valence-corrected chi connectivity index (χ3v) is 8.90. The van der Waals surface area contributed by atoms with Crippen molar-refractivity contribution in [2.75, 3.05) is 17.2 Å². The predicted octanol–water partition coefficient (Wildman–Crippen LogP) is 4.33. The van der Waals surface area contributed by atoms with Gasteiger partial charge in [-0.3, -0.25) is 28.8 Å². The van der Waals surface area contributed by atoms with Gasteiger partial charge in [0.2, 0.25) is 17.7 Å². The summed E-state index contributed by atoms with van der Waals surface area (Å²) in [4.78, 5) is 53.9. The van der Waals surface area contributed by atoms with Crippen molar-refractivity contribution in [1.29, 1.82) is 0 Å². The van der Waals surface area contributed by atoms with Gasteiger partial charge in [-0.1, -0.05) is 0 Å². The van der Waals surface area contributed by atoms with Crippen LogP contribution < -0.4 is 26.8 Å². The Balaban J connectivity index is 1.08. The van der Waals surface area contributed by atoms with Crippen molar-refractivity contribution in [3.63, 3.8) is 0 Å². The maximum absolute atomic E-state index is 15.2. The van der Waals surface area contributed by atoms with E-state index in [1.807, 2.05) is 6.07 Å². The molecule has 3 amide bonds. The molecule has 252 valence electrons. The fourth-order valence-corrected chi connectivity index (χ4v) is 5.93. The largest absolute Gasteiger partial charge is 0.463 e. The Kier molecular flexibility index (Phi) is 9.33. The number of carbonyl (C=O) groups excluding carboxylic acids is 4. The molecular weight excluding hydrogens is 660 g/mol. The zero-order valence-electron chi connectivity index (χ0n) is 25.7. The van der Waals surface area contributed by atoms with E-state index in [4.69, 9.17) is 20.9 Å². The van der Waals surface area contributed by atoms with Crippen molar-refractivity contribution < 1.29 is 37.4 Å². The van der Waals surface area contributed by atoms with E-state index in [1.165, 1.54) is 53.9 Å². The van der Waals surface area contributed by atoms with Gasteiger partial charge >= 0.3 is 5.97 Å². The summed E-state index contributed by atoms with van der Waals surface area (Å²) in [6.07, 6.45) is 5.26. The first-order valence-corrected chi connectivity index (χ1v) is 15.8. The van der Waals surface area contributed by atoms with Gasteiger partial charge in [0.25, 0.3) is 0 Å². The minimum absolute atomic E-state index is 0.0138. The summed E-state index contributed by atoms with van der Waals surface area (Å²) < 4.78 is 41.7. The summed E-state index contributed by atoms with van der Waals surface area (Å²) in [5, 5.41) is 9.54. The SMILES string of the molecule is NC(=O)CC(N)C(=O)OCCn1cc(-c2cc3nccc(Oc4ccc(NC(=O)C5(C(=O)Nc6ccc(F)cc6)CC5)cc4F)c3s2)cn1. The first-order chi connectivity index (χ1) is 23.5. The molecule has 3 heterocycles. The Bertz CT molecular complexity index is 2060. The van der Waals surface area contributed by atoms with Crippen LogP contribution in [0.5, 0.6) is 11.5 Å². The average Bonchev–Trinajstić information content (AvgIpc) is 3.55. The molecule has 6 rings (SSSR count). The number of hydrogen-bond acceptors (Lipinski definition) is 10. The highest BCUT2D eigenvalue weighted by atomic mass is 32.1. The number of amides is 3. The van der Waals surface area contributed by atoms with E-state index in [0.29, 0.717) is 34.5 Å². The lowest BCUT2D eigenvalue weighted by Crippen LogP contribution is -2.36. The van der Waals surface area contributed by atoms with E-state index in [2.05, 4.69) is 20.7 Å². The van der Waals surface area contributed by atoms with Crippen molar-refractivity contribution in [2.45, 2.75) is 31.8 Å². The quantitative estimate of drug-likeness (QED) is 0.103. The number of fused-ring (bicyclic) bond motifs is 1. The number of carbonyl (C=O) groups is 4. The summed E-state index contributed by atoms with van der Waals surface area (Å²) in [6, 6.07) is 11.5. The van der Waals surface area contributed by atoms with E-state index in [0.717, 1.165) is 16.5 Å². The highest BCUT2D eigenvalue weighted by molar-refractivity contribution is 7.22. The minimum atomic E-state index is -1.30. The van der Waals surface area contributed by atoms with E-state index < -0.39 is 46.8 Å². The number of rotatable bonds is 13. The van der Waals surface area contributed by atoms with Gasteiger partial charge in [0.15, 0.2) is 11.6 Å². The van der Waals surface area contributed by atoms with Crippen LogP contribution in [0.15, 0.2) is 73.2 Å². The number of nitrogens with two attached hydrogens (primary N) is 2. The maximum atomic E-state index is 15.2. The van der Waals surface area contributed by atoms with Gasteiger partial charge in [-0.05, 0) is 55.3 Å². The Morgan fingerprint density at radius 3 is 2.39 bits per heavy atom. The van der Waals surface area contributed by atoms with Gasteiger partial charge < -0.3 is 31.6 Å². The summed E-state index contributed by atoms with van der Waals surface area (Å²) in [5.74, 6) is -3.45. The normalized spacial score (nSPS) is 13.8. The molecule has 1 unspecified atom stereocenters. The van der Waals surface area contributed by atoms with Crippen molar-refractivity contribution in [2.24, 2.45) is 16.9 Å². The molecule has 49 heavy (non-hydrogen) atoms. The number of primary amides is 1. The molecule has 13 nitrogen and oxygen atoms in total. The van der Waals surface area contributed by atoms with Gasteiger partial charge in [0.05, 0.1) is 29.4 Å². The molecule has 0 radical (unpaired) electrons. The van der Waals surface area contributed by atoms with Crippen LogP contribution in [0.1, 0.15) is 19.3 Å². The zero-order valence-corrected chi connectivity index (χ0v) is 26.5. The topological polar surface area (TPSA) is 194 Å². The molecule has 5 aromatic rings. The predicted molar refractivity (Wildman–Crippen MR) is 175 cm³/mol.